The van der Waals surface area contributed by atoms with Crippen LogP contribution in [0.3, 0.4) is 0 Å². The number of hydrogen-bond donors (Lipinski definition) is 2. The van der Waals surface area contributed by atoms with Gasteiger partial charge in [-0.2, -0.15) is 0 Å². The van der Waals surface area contributed by atoms with E-state index in [4.69, 9.17) is 4.74 Å². The molecule has 1 saturated heterocycles. The lowest BCUT2D eigenvalue weighted by Crippen LogP contribution is -2.54. The maximum Gasteiger partial charge on any atom is 0.326 e. The zero-order valence-electron chi connectivity index (χ0n) is 19.9. The van der Waals surface area contributed by atoms with Crippen LogP contribution >= 0.6 is 0 Å². The fraction of sp³-hybridized carbons (Fsp3) is 0.826. The number of nitrogens with one attached hydrogen (secondary N) is 2. The molecule has 1 heterocycles. The van der Waals surface area contributed by atoms with Gasteiger partial charge in [-0.15, -0.1) is 0 Å². The minimum absolute atomic E-state index is 0.00704. The Hall–Kier alpha value is -2.12. The van der Waals surface area contributed by atoms with Crippen LogP contribution < -0.4 is 10.6 Å². The summed E-state index contributed by atoms with van der Waals surface area (Å²) >= 11 is 0. The van der Waals surface area contributed by atoms with Crippen LogP contribution in [0.2, 0.25) is 0 Å². The van der Waals surface area contributed by atoms with Crippen molar-refractivity contribution in [3.8, 4) is 0 Å². The minimum atomic E-state index is -0.957. The number of hydrogen-bond acceptors (Lipinski definition) is 5. The first kappa shape index (κ1) is 25.1. The van der Waals surface area contributed by atoms with Gasteiger partial charge in [0.05, 0.1) is 0 Å². The average molecular weight is 438 g/mol. The van der Waals surface area contributed by atoms with Crippen molar-refractivity contribution in [2.45, 2.75) is 91.6 Å². The van der Waals surface area contributed by atoms with Crippen LogP contribution in [0.1, 0.15) is 80.1 Å². The summed E-state index contributed by atoms with van der Waals surface area (Å²) in [5.41, 5.74) is -1.04. The molecule has 1 aliphatic carbocycles. The first-order valence-corrected chi connectivity index (χ1v) is 11.4. The van der Waals surface area contributed by atoms with Crippen LogP contribution in [0.15, 0.2) is 0 Å². The minimum Gasteiger partial charge on any atom is -0.454 e. The second-order valence-electron chi connectivity index (χ2n) is 10.7. The lowest BCUT2D eigenvalue weighted by Gasteiger charge is -2.43. The van der Waals surface area contributed by atoms with Gasteiger partial charge in [-0.05, 0) is 49.9 Å². The molecule has 0 radical (unpaired) electrons. The SMILES string of the molecule is CC(C)CCCC(C)NC(=O)COC(=O)CN1C(=O)NC2(CC(C)CC(C)(C)C2)C1=O. The summed E-state index contributed by atoms with van der Waals surface area (Å²) in [6.45, 7) is 11.6. The van der Waals surface area contributed by atoms with Gasteiger partial charge < -0.3 is 15.4 Å². The van der Waals surface area contributed by atoms with Gasteiger partial charge in [0.15, 0.2) is 6.61 Å². The number of imide groups is 1. The Labute approximate surface area is 185 Å². The molecule has 2 N–H and O–H groups in total. The molecular formula is C23H39N3O5. The molecule has 1 spiro atoms. The van der Waals surface area contributed by atoms with Crippen molar-refractivity contribution in [2.75, 3.05) is 13.2 Å². The second kappa shape index (κ2) is 10.0. The number of amides is 4. The van der Waals surface area contributed by atoms with Crippen molar-refractivity contribution in [1.82, 2.24) is 15.5 Å². The third kappa shape index (κ3) is 6.94. The third-order valence-electron chi connectivity index (χ3n) is 6.10. The fourth-order valence-corrected chi connectivity index (χ4v) is 5.19. The van der Waals surface area contributed by atoms with Crippen LogP contribution in [0, 0.1) is 17.3 Å². The van der Waals surface area contributed by atoms with E-state index in [9.17, 15) is 19.2 Å². The summed E-state index contributed by atoms with van der Waals surface area (Å²) in [5.74, 6) is -0.631. The molecule has 3 atom stereocenters. The number of carbonyl (C=O) groups is 4. The van der Waals surface area contributed by atoms with Gasteiger partial charge in [0, 0.05) is 6.04 Å². The summed E-state index contributed by atoms with van der Waals surface area (Å²) in [4.78, 5) is 50.7. The normalized spacial score (nSPS) is 26.2. The van der Waals surface area contributed by atoms with Crippen LogP contribution in [0.25, 0.3) is 0 Å². The first-order valence-electron chi connectivity index (χ1n) is 11.4. The number of nitrogens with zero attached hydrogens (tertiary/aromatic N) is 1. The summed E-state index contributed by atoms with van der Waals surface area (Å²) in [6.07, 6.45) is 5.05. The summed E-state index contributed by atoms with van der Waals surface area (Å²) < 4.78 is 5.02. The van der Waals surface area contributed by atoms with Crippen LogP contribution in [0.5, 0.6) is 0 Å². The number of carbonyl (C=O) groups excluding carboxylic acids is 4. The molecule has 8 nitrogen and oxygen atoms in total. The Kier molecular flexibility index (Phi) is 8.11. The van der Waals surface area contributed by atoms with E-state index in [2.05, 4.69) is 45.3 Å². The quantitative estimate of drug-likeness (QED) is 0.426. The van der Waals surface area contributed by atoms with E-state index in [-0.39, 0.29) is 29.2 Å². The molecule has 0 aromatic carbocycles. The van der Waals surface area contributed by atoms with Crippen LogP contribution in [-0.2, 0) is 19.1 Å². The average Bonchev–Trinajstić information content (AvgIpc) is 2.81. The van der Waals surface area contributed by atoms with Gasteiger partial charge in [-0.25, -0.2) is 4.79 Å². The van der Waals surface area contributed by atoms with Crippen molar-refractivity contribution < 1.29 is 23.9 Å². The zero-order chi connectivity index (χ0) is 23.4. The van der Waals surface area contributed by atoms with Gasteiger partial charge in [-0.3, -0.25) is 19.3 Å². The van der Waals surface area contributed by atoms with E-state index in [0.717, 1.165) is 30.6 Å². The topological polar surface area (TPSA) is 105 Å². The molecule has 0 aromatic heterocycles. The number of rotatable bonds is 9. The van der Waals surface area contributed by atoms with Crippen molar-refractivity contribution >= 4 is 23.8 Å². The predicted molar refractivity (Wildman–Crippen MR) is 117 cm³/mol. The summed E-state index contributed by atoms with van der Waals surface area (Å²) in [7, 11) is 0. The Balaban J connectivity index is 1.82. The molecule has 176 valence electrons. The maximum atomic E-state index is 13.0. The van der Waals surface area contributed by atoms with Crippen molar-refractivity contribution in [3.05, 3.63) is 0 Å². The molecule has 3 unspecified atom stereocenters. The van der Waals surface area contributed by atoms with Gasteiger partial charge in [0.25, 0.3) is 11.8 Å². The van der Waals surface area contributed by atoms with Crippen LogP contribution in [0.4, 0.5) is 4.79 Å². The van der Waals surface area contributed by atoms with Gasteiger partial charge in [-0.1, -0.05) is 47.5 Å². The zero-order valence-corrected chi connectivity index (χ0v) is 19.9. The molecule has 8 heteroatoms. The van der Waals surface area contributed by atoms with Gasteiger partial charge in [0.2, 0.25) is 0 Å². The van der Waals surface area contributed by atoms with E-state index >= 15 is 0 Å². The molecule has 2 fully saturated rings. The Morgan fingerprint density at radius 2 is 1.87 bits per heavy atom. The van der Waals surface area contributed by atoms with E-state index < -0.39 is 30.7 Å². The molecule has 4 amide bonds. The molecule has 1 saturated carbocycles. The smallest absolute Gasteiger partial charge is 0.326 e. The molecule has 2 rings (SSSR count). The Bertz CT molecular complexity index is 705. The Morgan fingerprint density at radius 3 is 2.48 bits per heavy atom. The van der Waals surface area contributed by atoms with Crippen molar-refractivity contribution in [3.63, 3.8) is 0 Å². The van der Waals surface area contributed by atoms with E-state index in [1.807, 2.05) is 6.92 Å². The lowest BCUT2D eigenvalue weighted by atomic mass is 9.64. The fourth-order valence-electron chi connectivity index (χ4n) is 5.19. The van der Waals surface area contributed by atoms with Gasteiger partial charge in [0.1, 0.15) is 12.1 Å². The highest BCUT2D eigenvalue weighted by atomic mass is 16.5. The molecule has 31 heavy (non-hydrogen) atoms. The van der Waals surface area contributed by atoms with Gasteiger partial charge >= 0.3 is 12.0 Å². The first-order chi connectivity index (χ1) is 14.3. The largest absolute Gasteiger partial charge is 0.454 e. The maximum absolute atomic E-state index is 13.0. The summed E-state index contributed by atoms with van der Waals surface area (Å²) in [5, 5.41) is 5.63. The second-order valence-corrected chi connectivity index (χ2v) is 10.7. The number of urea groups is 1. The highest BCUT2D eigenvalue weighted by molar-refractivity contribution is 6.08. The van der Waals surface area contributed by atoms with Crippen molar-refractivity contribution in [1.29, 1.82) is 0 Å². The standard InChI is InChI=1S/C23H39N3O5/c1-15(2)8-7-9-17(4)24-18(27)13-31-19(28)12-26-20(29)23(25-21(26)30)11-16(3)10-22(5,6)14-23/h15-17H,7-14H2,1-6H3,(H,24,27)(H,25,30). The molecule has 2 aliphatic rings. The predicted octanol–water partition coefficient (Wildman–Crippen LogP) is 3.00. The number of esters is 1. The monoisotopic (exact) mass is 437 g/mol. The van der Waals surface area contributed by atoms with Crippen LogP contribution in [-0.4, -0.2) is 53.4 Å². The molecular weight excluding hydrogens is 398 g/mol. The Morgan fingerprint density at radius 1 is 1.19 bits per heavy atom. The van der Waals surface area contributed by atoms with E-state index in [1.54, 1.807) is 0 Å². The molecule has 1 aliphatic heterocycles. The molecule has 0 bridgehead atoms. The lowest BCUT2D eigenvalue weighted by molar-refractivity contribution is -0.151. The summed E-state index contributed by atoms with van der Waals surface area (Å²) in [6, 6.07) is -0.581. The van der Waals surface area contributed by atoms with Crippen molar-refractivity contribution in [2.24, 2.45) is 17.3 Å². The third-order valence-corrected chi connectivity index (χ3v) is 6.10. The highest BCUT2D eigenvalue weighted by Crippen LogP contribution is 2.46. The highest BCUT2D eigenvalue weighted by Gasteiger charge is 2.56. The van der Waals surface area contributed by atoms with E-state index in [1.165, 1.54) is 0 Å². The number of ether oxygens (including phenoxy) is 1. The molecule has 0 aromatic rings. The van der Waals surface area contributed by atoms with E-state index in [0.29, 0.717) is 18.8 Å².